The minimum Gasteiger partial charge on any atom is -0.481 e. The van der Waals surface area contributed by atoms with Crippen LogP contribution in [0.1, 0.15) is 12.1 Å². The molecule has 1 aromatic carbocycles. The Labute approximate surface area is 162 Å². The fraction of sp³-hybridized carbons (Fsp3) is 0.111. The quantitative estimate of drug-likeness (QED) is 0.603. The summed E-state index contributed by atoms with van der Waals surface area (Å²) >= 11 is 6.19. The minimum absolute atomic E-state index is 0.000333. The zero-order chi connectivity index (χ0) is 19.6. The highest BCUT2D eigenvalue weighted by Crippen LogP contribution is 2.32. The fourth-order valence-corrected chi connectivity index (χ4v) is 3.68. The standard InChI is InChI=1S/C18H12F2N2O3S2/c19-12-5-4-10(8-13(12)20)14-3-1-2-11(21-14)9-15-17(25)22(18(26)27-15)7-6-16(23)24/h1-5,8-9H,6-7H2,(H,23,24). The third-order valence-electron chi connectivity index (χ3n) is 3.69. The molecule has 3 rings (SSSR count). The van der Waals surface area contributed by atoms with Crippen molar-refractivity contribution < 1.29 is 23.5 Å². The average molecular weight is 406 g/mol. The number of halogens is 2. The minimum atomic E-state index is -1.02. The van der Waals surface area contributed by atoms with Gasteiger partial charge in [0.2, 0.25) is 0 Å². The Balaban J connectivity index is 1.85. The molecule has 0 saturated carbocycles. The molecule has 1 aromatic heterocycles. The normalized spacial score (nSPS) is 15.6. The Bertz CT molecular complexity index is 979. The molecule has 1 fully saturated rings. The number of hydrogen-bond acceptors (Lipinski definition) is 5. The van der Waals surface area contributed by atoms with Gasteiger partial charge in [-0.2, -0.15) is 0 Å². The number of pyridine rings is 1. The first-order valence-electron chi connectivity index (χ1n) is 7.75. The molecule has 1 aliphatic rings. The molecular formula is C18H12F2N2O3S2. The van der Waals surface area contributed by atoms with Crippen LogP contribution < -0.4 is 0 Å². The van der Waals surface area contributed by atoms with Crippen molar-refractivity contribution in [3.05, 3.63) is 58.6 Å². The van der Waals surface area contributed by atoms with Gasteiger partial charge in [0, 0.05) is 12.1 Å². The van der Waals surface area contributed by atoms with Crippen LogP contribution in [-0.2, 0) is 9.59 Å². The highest BCUT2D eigenvalue weighted by Gasteiger charge is 2.32. The molecule has 1 aliphatic heterocycles. The molecule has 1 N–H and O–H groups in total. The van der Waals surface area contributed by atoms with Crippen LogP contribution in [0.2, 0.25) is 0 Å². The Morgan fingerprint density at radius 2 is 2.04 bits per heavy atom. The van der Waals surface area contributed by atoms with Gasteiger partial charge in [-0.1, -0.05) is 30.0 Å². The van der Waals surface area contributed by atoms with E-state index in [0.29, 0.717) is 21.9 Å². The summed E-state index contributed by atoms with van der Waals surface area (Å²) in [6.07, 6.45) is 1.33. The van der Waals surface area contributed by atoms with Gasteiger partial charge in [0.1, 0.15) is 4.32 Å². The molecule has 5 nitrogen and oxygen atoms in total. The molecule has 2 aromatic rings. The number of rotatable bonds is 5. The number of carbonyl (C=O) groups is 2. The first-order valence-corrected chi connectivity index (χ1v) is 8.97. The third kappa shape index (κ3) is 4.37. The van der Waals surface area contributed by atoms with E-state index in [-0.39, 0.29) is 23.2 Å². The maximum atomic E-state index is 13.4. The Kier molecular flexibility index (Phi) is 5.62. The van der Waals surface area contributed by atoms with E-state index in [1.807, 2.05) is 0 Å². The lowest BCUT2D eigenvalue weighted by Crippen LogP contribution is -2.30. The van der Waals surface area contributed by atoms with Crippen LogP contribution in [0, 0.1) is 11.6 Å². The lowest BCUT2D eigenvalue weighted by molar-refractivity contribution is -0.137. The van der Waals surface area contributed by atoms with Crippen LogP contribution in [0.3, 0.4) is 0 Å². The van der Waals surface area contributed by atoms with Gasteiger partial charge in [-0.25, -0.2) is 13.8 Å². The number of nitrogens with zero attached hydrogens (tertiary/aromatic N) is 2. The van der Waals surface area contributed by atoms with E-state index in [4.69, 9.17) is 17.3 Å². The number of carboxylic acid groups (broad SMARTS) is 1. The second-order valence-electron chi connectivity index (χ2n) is 5.55. The van der Waals surface area contributed by atoms with Gasteiger partial charge >= 0.3 is 5.97 Å². The smallest absolute Gasteiger partial charge is 0.305 e. The molecule has 0 unspecified atom stereocenters. The summed E-state index contributed by atoms with van der Waals surface area (Å²) in [6, 6.07) is 8.46. The van der Waals surface area contributed by atoms with Crippen LogP contribution in [-0.4, -0.2) is 37.7 Å². The summed E-state index contributed by atoms with van der Waals surface area (Å²) in [5.41, 5.74) is 1.26. The zero-order valence-corrected chi connectivity index (χ0v) is 15.3. The topological polar surface area (TPSA) is 70.5 Å². The van der Waals surface area contributed by atoms with E-state index in [1.165, 1.54) is 17.0 Å². The molecule has 0 spiro atoms. The van der Waals surface area contributed by atoms with E-state index in [9.17, 15) is 18.4 Å². The molecule has 138 valence electrons. The summed E-state index contributed by atoms with van der Waals surface area (Å²) in [7, 11) is 0. The number of aromatic nitrogens is 1. The molecule has 27 heavy (non-hydrogen) atoms. The largest absolute Gasteiger partial charge is 0.481 e. The van der Waals surface area contributed by atoms with Gasteiger partial charge in [0.25, 0.3) is 5.91 Å². The summed E-state index contributed by atoms with van der Waals surface area (Å²) in [4.78, 5) is 29.0. The Morgan fingerprint density at radius 3 is 2.74 bits per heavy atom. The van der Waals surface area contributed by atoms with Crippen LogP contribution in [0.5, 0.6) is 0 Å². The number of benzene rings is 1. The van der Waals surface area contributed by atoms with Crippen LogP contribution >= 0.6 is 24.0 Å². The van der Waals surface area contributed by atoms with Crippen molar-refractivity contribution in [3.63, 3.8) is 0 Å². The first kappa shape index (κ1) is 19.1. The molecule has 0 atom stereocenters. The van der Waals surface area contributed by atoms with Crippen molar-refractivity contribution in [2.45, 2.75) is 6.42 Å². The average Bonchev–Trinajstić information content (AvgIpc) is 2.89. The summed E-state index contributed by atoms with van der Waals surface area (Å²) in [5, 5.41) is 8.76. The molecule has 0 bridgehead atoms. The Hall–Kier alpha value is -2.65. The number of amides is 1. The lowest BCUT2D eigenvalue weighted by Gasteiger charge is -2.12. The van der Waals surface area contributed by atoms with Gasteiger partial charge in [-0.3, -0.25) is 14.5 Å². The number of carboxylic acids is 1. The van der Waals surface area contributed by atoms with Gasteiger partial charge in [0.15, 0.2) is 11.6 Å². The molecule has 1 amide bonds. The predicted molar refractivity (Wildman–Crippen MR) is 102 cm³/mol. The van der Waals surface area contributed by atoms with Gasteiger partial charge in [0.05, 0.1) is 22.7 Å². The van der Waals surface area contributed by atoms with E-state index >= 15 is 0 Å². The van der Waals surface area contributed by atoms with Crippen LogP contribution in [0.4, 0.5) is 8.78 Å². The number of carbonyl (C=O) groups excluding carboxylic acids is 1. The SMILES string of the molecule is O=C(O)CCN1C(=O)C(=Cc2cccc(-c3ccc(F)c(F)c3)n2)SC1=S. The van der Waals surface area contributed by atoms with Crippen molar-refractivity contribution in [1.29, 1.82) is 0 Å². The molecule has 0 aliphatic carbocycles. The maximum absolute atomic E-state index is 13.4. The van der Waals surface area contributed by atoms with Crippen molar-refractivity contribution in [2.75, 3.05) is 6.54 Å². The highest BCUT2D eigenvalue weighted by molar-refractivity contribution is 8.26. The molecule has 1 saturated heterocycles. The molecule has 9 heteroatoms. The third-order valence-corrected chi connectivity index (χ3v) is 5.07. The van der Waals surface area contributed by atoms with E-state index in [0.717, 1.165) is 23.9 Å². The van der Waals surface area contributed by atoms with Crippen LogP contribution in [0.15, 0.2) is 41.3 Å². The van der Waals surface area contributed by atoms with E-state index < -0.39 is 17.6 Å². The van der Waals surface area contributed by atoms with E-state index in [1.54, 1.807) is 18.2 Å². The lowest BCUT2D eigenvalue weighted by atomic mass is 10.1. The van der Waals surface area contributed by atoms with Crippen molar-refractivity contribution in [2.24, 2.45) is 0 Å². The van der Waals surface area contributed by atoms with Gasteiger partial charge in [-0.15, -0.1) is 0 Å². The van der Waals surface area contributed by atoms with Crippen LogP contribution in [0.25, 0.3) is 17.3 Å². The van der Waals surface area contributed by atoms with E-state index in [2.05, 4.69) is 4.98 Å². The fourth-order valence-electron chi connectivity index (χ4n) is 2.38. The number of aliphatic carboxylic acids is 1. The van der Waals surface area contributed by atoms with Gasteiger partial charge < -0.3 is 5.11 Å². The maximum Gasteiger partial charge on any atom is 0.305 e. The predicted octanol–water partition coefficient (Wildman–Crippen LogP) is 3.70. The molecule has 0 radical (unpaired) electrons. The van der Waals surface area contributed by atoms with Crippen molar-refractivity contribution in [3.8, 4) is 11.3 Å². The second-order valence-corrected chi connectivity index (χ2v) is 7.23. The summed E-state index contributed by atoms with van der Waals surface area (Å²) < 4.78 is 26.8. The zero-order valence-electron chi connectivity index (χ0n) is 13.7. The first-order chi connectivity index (χ1) is 12.8. The van der Waals surface area contributed by atoms with Crippen molar-refractivity contribution in [1.82, 2.24) is 9.88 Å². The van der Waals surface area contributed by atoms with Gasteiger partial charge in [-0.05, 0) is 36.4 Å². The monoisotopic (exact) mass is 406 g/mol. The second kappa shape index (κ2) is 7.93. The summed E-state index contributed by atoms with van der Waals surface area (Å²) in [5.74, 6) is -3.32. The molecule has 2 heterocycles. The highest BCUT2D eigenvalue weighted by atomic mass is 32.2. The Morgan fingerprint density at radius 1 is 1.26 bits per heavy atom. The number of thioether (sulfide) groups is 1. The number of thiocarbonyl (C=S) groups is 1. The molecular weight excluding hydrogens is 394 g/mol. The van der Waals surface area contributed by atoms with Crippen molar-refractivity contribution >= 4 is 46.3 Å². The number of hydrogen-bond donors (Lipinski definition) is 1. The summed E-state index contributed by atoms with van der Waals surface area (Å²) in [6.45, 7) is -0.000333.